The van der Waals surface area contributed by atoms with Gasteiger partial charge in [-0.05, 0) is 31.5 Å². The van der Waals surface area contributed by atoms with Crippen LogP contribution in [-0.4, -0.2) is 22.9 Å². The third-order valence-corrected chi connectivity index (χ3v) is 1.95. The SMILES string of the molecule is CC(C)Oc1ccc([C@@H](O)CN)cc1O. The Morgan fingerprint density at radius 2 is 2.07 bits per heavy atom. The van der Waals surface area contributed by atoms with Crippen LogP contribution in [0.5, 0.6) is 11.5 Å². The van der Waals surface area contributed by atoms with Gasteiger partial charge in [0.2, 0.25) is 0 Å². The van der Waals surface area contributed by atoms with Gasteiger partial charge in [-0.2, -0.15) is 0 Å². The maximum absolute atomic E-state index is 9.61. The number of phenols is 1. The molecule has 4 N–H and O–H groups in total. The van der Waals surface area contributed by atoms with Gasteiger partial charge in [-0.3, -0.25) is 0 Å². The molecule has 0 amide bonds. The molecule has 0 saturated heterocycles. The maximum atomic E-state index is 9.61. The second kappa shape index (κ2) is 5.00. The van der Waals surface area contributed by atoms with Gasteiger partial charge in [-0.15, -0.1) is 0 Å². The van der Waals surface area contributed by atoms with Gasteiger partial charge in [0.25, 0.3) is 0 Å². The first kappa shape index (κ1) is 11.8. The highest BCUT2D eigenvalue weighted by molar-refractivity contribution is 5.42. The third-order valence-electron chi connectivity index (χ3n) is 1.95. The summed E-state index contributed by atoms with van der Waals surface area (Å²) in [4.78, 5) is 0. The molecule has 0 heterocycles. The molecule has 0 aliphatic heterocycles. The molecule has 4 heteroatoms. The monoisotopic (exact) mass is 211 g/mol. The average Bonchev–Trinajstić information content (AvgIpc) is 2.19. The number of phenolic OH excluding ortho intramolecular Hbond substituents is 1. The molecule has 0 aliphatic rings. The number of rotatable bonds is 4. The number of ether oxygens (including phenoxy) is 1. The molecule has 1 rings (SSSR count). The van der Waals surface area contributed by atoms with Crippen molar-refractivity contribution in [2.75, 3.05) is 6.54 Å². The normalized spacial score (nSPS) is 12.9. The van der Waals surface area contributed by atoms with Gasteiger partial charge < -0.3 is 20.7 Å². The number of nitrogens with two attached hydrogens (primary N) is 1. The molecule has 0 aromatic heterocycles. The lowest BCUT2D eigenvalue weighted by Crippen LogP contribution is -2.11. The molecule has 0 saturated carbocycles. The quantitative estimate of drug-likeness (QED) is 0.698. The van der Waals surface area contributed by atoms with Crippen LogP contribution in [0.3, 0.4) is 0 Å². The van der Waals surface area contributed by atoms with E-state index in [1.807, 2.05) is 13.8 Å². The van der Waals surface area contributed by atoms with Crippen molar-refractivity contribution < 1.29 is 14.9 Å². The largest absolute Gasteiger partial charge is 0.504 e. The van der Waals surface area contributed by atoms with Crippen LogP contribution in [-0.2, 0) is 0 Å². The second-order valence-corrected chi connectivity index (χ2v) is 3.65. The van der Waals surface area contributed by atoms with Gasteiger partial charge in [-0.1, -0.05) is 6.07 Å². The fourth-order valence-corrected chi connectivity index (χ4v) is 1.23. The molecule has 84 valence electrons. The lowest BCUT2D eigenvalue weighted by molar-refractivity contribution is 0.185. The van der Waals surface area contributed by atoms with Crippen LogP contribution in [0.2, 0.25) is 0 Å². The number of aliphatic hydroxyl groups is 1. The lowest BCUT2D eigenvalue weighted by atomic mass is 10.1. The van der Waals surface area contributed by atoms with Gasteiger partial charge in [0, 0.05) is 6.54 Å². The van der Waals surface area contributed by atoms with Gasteiger partial charge in [0.1, 0.15) is 0 Å². The van der Waals surface area contributed by atoms with Crippen molar-refractivity contribution in [1.82, 2.24) is 0 Å². The number of aromatic hydroxyl groups is 1. The Hall–Kier alpha value is -1.26. The molecule has 0 unspecified atom stereocenters. The zero-order valence-electron chi connectivity index (χ0n) is 8.97. The maximum Gasteiger partial charge on any atom is 0.161 e. The Morgan fingerprint density at radius 1 is 1.40 bits per heavy atom. The molecule has 0 radical (unpaired) electrons. The third kappa shape index (κ3) is 3.11. The summed E-state index contributed by atoms with van der Waals surface area (Å²) in [7, 11) is 0. The number of hydrogen-bond acceptors (Lipinski definition) is 4. The Morgan fingerprint density at radius 3 is 2.53 bits per heavy atom. The van der Waals surface area contributed by atoms with Crippen molar-refractivity contribution >= 4 is 0 Å². The minimum Gasteiger partial charge on any atom is -0.504 e. The van der Waals surface area contributed by atoms with Crippen molar-refractivity contribution in [1.29, 1.82) is 0 Å². The van der Waals surface area contributed by atoms with E-state index in [1.165, 1.54) is 6.07 Å². The molecule has 1 aromatic rings. The lowest BCUT2D eigenvalue weighted by Gasteiger charge is -2.13. The first-order valence-electron chi connectivity index (χ1n) is 4.92. The minimum absolute atomic E-state index is 0.00109. The highest BCUT2D eigenvalue weighted by atomic mass is 16.5. The summed E-state index contributed by atoms with van der Waals surface area (Å²) in [5, 5.41) is 19.1. The Kier molecular flexibility index (Phi) is 3.94. The van der Waals surface area contributed by atoms with Crippen LogP contribution in [0, 0.1) is 0 Å². The van der Waals surface area contributed by atoms with E-state index in [4.69, 9.17) is 10.5 Å². The molecule has 1 aromatic carbocycles. The number of hydrogen-bond donors (Lipinski definition) is 3. The molecule has 0 bridgehead atoms. The van der Waals surface area contributed by atoms with Crippen LogP contribution in [0.4, 0.5) is 0 Å². The summed E-state index contributed by atoms with van der Waals surface area (Å²) < 4.78 is 5.35. The van der Waals surface area contributed by atoms with Crippen LogP contribution >= 0.6 is 0 Å². The standard InChI is InChI=1S/C11H17NO3/c1-7(2)15-11-4-3-8(5-9(11)13)10(14)6-12/h3-5,7,10,13-14H,6,12H2,1-2H3/t10-/m0/s1. The Labute approximate surface area is 89.3 Å². The molecule has 4 nitrogen and oxygen atoms in total. The van der Waals surface area contributed by atoms with Crippen LogP contribution in [0.1, 0.15) is 25.5 Å². The smallest absolute Gasteiger partial charge is 0.161 e. The molecule has 0 aliphatic carbocycles. The molecule has 1 atom stereocenters. The van der Waals surface area contributed by atoms with Crippen LogP contribution < -0.4 is 10.5 Å². The van der Waals surface area contributed by atoms with Gasteiger partial charge in [-0.25, -0.2) is 0 Å². The fourth-order valence-electron chi connectivity index (χ4n) is 1.23. The predicted molar refractivity (Wildman–Crippen MR) is 57.9 cm³/mol. The summed E-state index contributed by atoms with van der Waals surface area (Å²) in [5.41, 5.74) is 5.90. The predicted octanol–water partition coefficient (Wildman–Crippen LogP) is 1.17. The summed E-state index contributed by atoms with van der Waals surface area (Å²) in [6.45, 7) is 3.88. The molecule has 15 heavy (non-hydrogen) atoms. The zero-order chi connectivity index (χ0) is 11.4. The fraction of sp³-hybridized carbons (Fsp3) is 0.455. The molecule has 0 spiro atoms. The molecule has 0 fully saturated rings. The first-order valence-corrected chi connectivity index (χ1v) is 4.92. The minimum atomic E-state index is -0.746. The van der Waals surface area contributed by atoms with E-state index in [0.717, 1.165) is 0 Å². The average molecular weight is 211 g/mol. The van der Waals surface area contributed by atoms with E-state index in [9.17, 15) is 10.2 Å². The van der Waals surface area contributed by atoms with Crippen molar-refractivity contribution in [3.63, 3.8) is 0 Å². The van der Waals surface area contributed by atoms with Gasteiger partial charge in [0.15, 0.2) is 11.5 Å². The summed E-state index contributed by atoms with van der Waals surface area (Å²) in [5.74, 6) is 0.437. The highest BCUT2D eigenvalue weighted by Crippen LogP contribution is 2.29. The Bertz CT molecular complexity index is 326. The van der Waals surface area contributed by atoms with E-state index in [1.54, 1.807) is 12.1 Å². The number of benzene rings is 1. The van der Waals surface area contributed by atoms with Gasteiger partial charge in [0.05, 0.1) is 12.2 Å². The summed E-state index contributed by atoms with van der Waals surface area (Å²) in [6.07, 6.45) is -0.745. The van der Waals surface area contributed by atoms with E-state index in [2.05, 4.69) is 0 Å². The van der Waals surface area contributed by atoms with Crippen LogP contribution in [0.25, 0.3) is 0 Å². The van der Waals surface area contributed by atoms with Gasteiger partial charge >= 0.3 is 0 Å². The van der Waals surface area contributed by atoms with Crippen LogP contribution in [0.15, 0.2) is 18.2 Å². The first-order chi connectivity index (χ1) is 7.04. The topological polar surface area (TPSA) is 75.7 Å². The van der Waals surface area contributed by atoms with Crippen molar-refractivity contribution in [3.05, 3.63) is 23.8 Å². The van der Waals surface area contributed by atoms with E-state index in [0.29, 0.717) is 11.3 Å². The van der Waals surface area contributed by atoms with Crippen molar-refractivity contribution in [3.8, 4) is 11.5 Å². The number of aliphatic hydroxyl groups excluding tert-OH is 1. The summed E-state index contributed by atoms with van der Waals surface area (Å²) in [6, 6.07) is 4.79. The van der Waals surface area contributed by atoms with E-state index in [-0.39, 0.29) is 18.4 Å². The van der Waals surface area contributed by atoms with E-state index < -0.39 is 6.10 Å². The molecular weight excluding hydrogens is 194 g/mol. The second-order valence-electron chi connectivity index (χ2n) is 3.65. The zero-order valence-corrected chi connectivity index (χ0v) is 8.97. The Balaban J connectivity index is 2.88. The van der Waals surface area contributed by atoms with Crippen molar-refractivity contribution in [2.24, 2.45) is 5.73 Å². The highest BCUT2D eigenvalue weighted by Gasteiger charge is 2.10. The summed E-state index contributed by atoms with van der Waals surface area (Å²) >= 11 is 0. The van der Waals surface area contributed by atoms with Crippen molar-refractivity contribution in [2.45, 2.75) is 26.1 Å². The van der Waals surface area contributed by atoms with E-state index >= 15 is 0 Å². The molecular formula is C11H17NO3.